The molecule has 1 atom stereocenters. The van der Waals surface area contributed by atoms with E-state index in [0.29, 0.717) is 22.9 Å². The highest BCUT2D eigenvalue weighted by atomic mass is 16.5. The lowest BCUT2D eigenvalue weighted by atomic mass is 9.97. The Hall–Kier alpha value is -2.25. The summed E-state index contributed by atoms with van der Waals surface area (Å²) in [6.45, 7) is 9.60. The van der Waals surface area contributed by atoms with Gasteiger partial charge >= 0.3 is 0 Å². The second-order valence-electron chi connectivity index (χ2n) is 7.50. The summed E-state index contributed by atoms with van der Waals surface area (Å²) < 4.78 is 5.78. The van der Waals surface area contributed by atoms with Crippen molar-refractivity contribution in [1.82, 2.24) is 9.97 Å². The van der Waals surface area contributed by atoms with Crippen molar-refractivity contribution in [3.05, 3.63) is 41.6 Å². The van der Waals surface area contributed by atoms with E-state index in [1.54, 1.807) is 0 Å². The van der Waals surface area contributed by atoms with Gasteiger partial charge < -0.3 is 20.5 Å². The fourth-order valence-corrected chi connectivity index (χ4v) is 3.19. The topological polar surface area (TPSA) is 108 Å². The SMILES string of the molecule is C/C=C(\C=C(\C(=N)c1cc(N2CCC(CO)CC2)ncn1)C(C)N)OC(C)C. The number of aromatic nitrogens is 2. The van der Waals surface area contributed by atoms with E-state index in [9.17, 15) is 5.11 Å². The number of allylic oxidation sites excluding steroid dienone is 2. The number of hydrogen-bond acceptors (Lipinski definition) is 7. The van der Waals surface area contributed by atoms with Crippen LogP contribution in [0.15, 0.2) is 35.9 Å². The van der Waals surface area contributed by atoms with E-state index in [2.05, 4.69) is 14.9 Å². The molecule has 0 amide bonds. The highest BCUT2D eigenvalue weighted by Crippen LogP contribution is 2.22. The molecule has 2 heterocycles. The molecular weight excluding hydrogens is 354 g/mol. The molecule has 1 aromatic rings. The van der Waals surface area contributed by atoms with Crippen molar-refractivity contribution in [2.24, 2.45) is 11.7 Å². The number of nitrogens with two attached hydrogens (primary N) is 1. The Morgan fingerprint density at radius 3 is 2.57 bits per heavy atom. The fraction of sp³-hybridized carbons (Fsp3) is 0.571. The van der Waals surface area contributed by atoms with Crippen molar-refractivity contribution in [2.45, 2.75) is 52.7 Å². The van der Waals surface area contributed by atoms with E-state index in [-0.39, 0.29) is 24.5 Å². The van der Waals surface area contributed by atoms with E-state index < -0.39 is 0 Å². The van der Waals surface area contributed by atoms with Gasteiger partial charge in [0.05, 0.1) is 17.5 Å². The zero-order valence-electron chi connectivity index (χ0n) is 17.4. The fourth-order valence-electron chi connectivity index (χ4n) is 3.19. The van der Waals surface area contributed by atoms with Crippen LogP contribution < -0.4 is 10.6 Å². The summed E-state index contributed by atoms with van der Waals surface area (Å²) >= 11 is 0. The molecule has 1 fully saturated rings. The first kappa shape index (κ1) is 22.0. The minimum absolute atomic E-state index is 0.0402. The molecule has 1 saturated heterocycles. The first-order chi connectivity index (χ1) is 13.3. The van der Waals surface area contributed by atoms with Crippen LogP contribution in [0.1, 0.15) is 46.2 Å². The van der Waals surface area contributed by atoms with Crippen molar-refractivity contribution in [2.75, 3.05) is 24.6 Å². The number of nitrogens with zero attached hydrogens (tertiary/aromatic N) is 3. The molecule has 0 radical (unpaired) electrons. The maximum absolute atomic E-state index is 9.32. The largest absolute Gasteiger partial charge is 0.491 e. The molecule has 0 saturated carbocycles. The Bertz CT molecular complexity index is 719. The van der Waals surface area contributed by atoms with Crippen LogP contribution in [0.25, 0.3) is 0 Å². The minimum atomic E-state index is -0.336. The van der Waals surface area contributed by atoms with E-state index in [1.165, 1.54) is 6.33 Å². The summed E-state index contributed by atoms with van der Waals surface area (Å²) in [4.78, 5) is 10.9. The van der Waals surface area contributed by atoms with Gasteiger partial charge in [0.1, 0.15) is 17.9 Å². The number of ether oxygens (including phenoxy) is 1. The predicted molar refractivity (Wildman–Crippen MR) is 113 cm³/mol. The van der Waals surface area contributed by atoms with Gasteiger partial charge in [-0.2, -0.15) is 0 Å². The number of aliphatic hydroxyl groups excluding tert-OH is 1. The highest BCUT2D eigenvalue weighted by molar-refractivity contribution is 6.10. The summed E-state index contributed by atoms with van der Waals surface area (Å²) in [7, 11) is 0. The molecule has 1 aliphatic heterocycles. The quantitative estimate of drug-likeness (QED) is 0.359. The van der Waals surface area contributed by atoms with E-state index in [1.807, 2.05) is 45.9 Å². The monoisotopic (exact) mass is 387 g/mol. The number of rotatable bonds is 8. The van der Waals surface area contributed by atoms with Crippen LogP contribution in [0.2, 0.25) is 0 Å². The molecular formula is C21H33N5O2. The zero-order valence-corrected chi connectivity index (χ0v) is 17.4. The Morgan fingerprint density at radius 2 is 2.04 bits per heavy atom. The predicted octanol–water partition coefficient (Wildman–Crippen LogP) is 2.66. The summed E-state index contributed by atoms with van der Waals surface area (Å²) in [5, 5.41) is 18.0. The second-order valence-corrected chi connectivity index (χ2v) is 7.50. The zero-order chi connectivity index (χ0) is 20.7. The Kier molecular flexibility index (Phi) is 8.14. The van der Waals surface area contributed by atoms with Crippen LogP contribution in [0.5, 0.6) is 0 Å². The lowest BCUT2D eigenvalue weighted by Gasteiger charge is -2.32. The van der Waals surface area contributed by atoms with Gasteiger partial charge in [0.25, 0.3) is 0 Å². The third-order valence-corrected chi connectivity index (χ3v) is 4.84. The first-order valence-corrected chi connectivity index (χ1v) is 9.93. The lowest BCUT2D eigenvalue weighted by molar-refractivity contribution is 0.157. The van der Waals surface area contributed by atoms with E-state index >= 15 is 0 Å². The molecule has 0 spiro atoms. The normalized spacial score (nSPS) is 17.8. The number of anilines is 1. The highest BCUT2D eigenvalue weighted by Gasteiger charge is 2.21. The summed E-state index contributed by atoms with van der Waals surface area (Å²) in [5.74, 6) is 1.86. The van der Waals surface area contributed by atoms with Gasteiger partial charge in [-0.25, -0.2) is 9.97 Å². The second kappa shape index (κ2) is 10.3. The summed E-state index contributed by atoms with van der Waals surface area (Å²) in [6, 6.07) is 1.51. The molecule has 4 N–H and O–H groups in total. The van der Waals surface area contributed by atoms with Crippen molar-refractivity contribution in [3.8, 4) is 0 Å². The standard InChI is InChI=1S/C21H33N5O2/c1-5-17(28-14(2)3)10-18(15(4)22)21(23)19-11-20(25-13-24-19)26-8-6-16(12-27)7-9-26/h5,10-11,13-16,23,27H,6-9,12,22H2,1-4H3/b17-5+,18-10+,23-21?. The van der Waals surface area contributed by atoms with Crippen LogP contribution in [-0.4, -0.2) is 52.6 Å². The van der Waals surface area contributed by atoms with Gasteiger partial charge in [-0.05, 0) is 64.2 Å². The molecule has 1 aliphatic rings. The van der Waals surface area contributed by atoms with E-state index in [0.717, 1.165) is 31.7 Å². The lowest BCUT2D eigenvalue weighted by Crippen LogP contribution is -2.35. The molecule has 7 nitrogen and oxygen atoms in total. The molecule has 154 valence electrons. The number of hydrogen-bond donors (Lipinski definition) is 3. The minimum Gasteiger partial charge on any atom is -0.491 e. The molecule has 28 heavy (non-hydrogen) atoms. The third-order valence-electron chi connectivity index (χ3n) is 4.84. The van der Waals surface area contributed by atoms with Crippen molar-refractivity contribution >= 4 is 11.5 Å². The first-order valence-electron chi connectivity index (χ1n) is 9.93. The van der Waals surface area contributed by atoms with Gasteiger partial charge in [-0.15, -0.1) is 0 Å². The van der Waals surface area contributed by atoms with Gasteiger partial charge in [0.2, 0.25) is 0 Å². The number of piperidine rings is 1. The van der Waals surface area contributed by atoms with Crippen LogP contribution in [0, 0.1) is 11.3 Å². The molecule has 0 aromatic carbocycles. The molecule has 0 aliphatic carbocycles. The maximum atomic E-state index is 9.32. The van der Waals surface area contributed by atoms with Crippen LogP contribution in [0.3, 0.4) is 0 Å². The molecule has 0 bridgehead atoms. The Morgan fingerprint density at radius 1 is 1.36 bits per heavy atom. The Balaban J connectivity index is 2.24. The number of aliphatic hydroxyl groups is 1. The average molecular weight is 388 g/mol. The molecule has 1 unspecified atom stereocenters. The molecule has 2 rings (SSSR count). The van der Waals surface area contributed by atoms with Crippen LogP contribution >= 0.6 is 0 Å². The number of nitrogens with one attached hydrogen (secondary N) is 1. The molecule has 7 heteroatoms. The average Bonchev–Trinajstić information content (AvgIpc) is 2.70. The van der Waals surface area contributed by atoms with Crippen LogP contribution in [0.4, 0.5) is 5.82 Å². The van der Waals surface area contributed by atoms with E-state index in [4.69, 9.17) is 15.9 Å². The van der Waals surface area contributed by atoms with Crippen molar-refractivity contribution in [3.63, 3.8) is 0 Å². The van der Waals surface area contributed by atoms with Crippen molar-refractivity contribution in [1.29, 1.82) is 5.41 Å². The summed E-state index contributed by atoms with van der Waals surface area (Å²) in [5.41, 5.74) is 7.63. The Labute approximate surface area is 167 Å². The summed E-state index contributed by atoms with van der Waals surface area (Å²) in [6.07, 6.45) is 7.11. The van der Waals surface area contributed by atoms with Crippen molar-refractivity contribution < 1.29 is 9.84 Å². The maximum Gasteiger partial charge on any atom is 0.132 e. The smallest absolute Gasteiger partial charge is 0.132 e. The molecule has 1 aromatic heterocycles. The van der Waals surface area contributed by atoms with Gasteiger partial charge in [0, 0.05) is 31.8 Å². The third kappa shape index (κ3) is 5.87. The van der Waals surface area contributed by atoms with Gasteiger partial charge in [0.15, 0.2) is 0 Å². The van der Waals surface area contributed by atoms with Gasteiger partial charge in [-0.3, -0.25) is 5.41 Å². The van der Waals surface area contributed by atoms with Gasteiger partial charge in [-0.1, -0.05) is 0 Å². The van der Waals surface area contributed by atoms with Crippen LogP contribution in [-0.2, 0) is 4.74 Å².